The van der Waals surface area contributed by atoms with Gasteiger partial charge in [0.25, 0.3) is 0 Å². The van der Waals surface area contributed by atoms with E-state index in [1.54, 1.807) is 0 Å². The Bertz CT molecular complexity index is 462. The molecule has 2 heteroatoms. The summed E-state index contributed by atoms with van der Waals surface area (Å²) in [4.78, 5) is 0. The molecule has 16 heavy (non-hydrogen) atoms. The molecule has 0 unspecified atom stereocenters. The molecule has 0 saturated heterocycles. The number of rotatable bonds is 3. The maximum Gasteiger partial charge on any atom is 0.120 e. The molecule has 2 aromatic carbocycles. The molecule has 0 fully saturated rings. The van der Waals surface area contributed by atoms with Gasteiger partial charge in [0.15, 0.2) is 0 Å². The molecule has 2 aromatic rings. The van der Waals surface area contributed by atoms with E-state index >= 15 is 0 Å². The normalized spacial score (nSPS) is 10.1. The minimum atomic E-state index is 0.573. The fourth-order valence-corrected chi connectivity index (χ4v) is 1.49. The van der Waals surface area contributed by atoms with Crippen LogP contribution < -0.4 is 10.5 Å². The lowest BCUT2D eigenvalue weighted by Gasteiger charge is -2.07. The van der Waals surface area contributed by atoms with Crippen LogP contribution in [0.1, 0.15) is 11.1 Å². The molecule has 2 nitrogen and oxygen atoms in total. The Morgan fingerprint density at radius 3 is 2.50 bits per heavy atom. The van der Waals surface area contributed by atoms with Gasteiger partial charge < -0.3 is 10.5 Å². The minimum Gasteiger partial charge on any atom is -0.489 e. The number of anilines is 1. The van der Waals surface area contributed by atoms with Gasteiger partial charge >= 0.3 is 0 Å². The summed E-state index contributed by atoms with van der Waals surface area (Å²) < 4.78 is 5.67. The molecule has 0 saturated carbocycles. The molecular weight excluding hydrogens is 198 g/mol. The average molecular weight is 213 g/mol. The zero-order valence-electron chi connectivity index (χ0n) is 9.31. The van der Waals surface area contributed by atoms with Crippen molar-refractivity contribution in [3.63, 3.8) is 0 Å². The van der Waals surface area contributed by atoms with Crippen LogP contribution in [0.25, 0.3) is 0 Å². The number of aryl methyl sites for hydroxylation is 1. The first-order chi connectivity index (χ1) is 7.74. The number of nitrogen functional groups attached to an aromatic ring is 1. The molecule has 0 aliphatic rings. The Balaban J connectivity index is 1.99. The second kappa shape index (κ2) is 4.71. The van der Waals surface area contributed by atoms with E-state index in [9.17, 15) is 0 Å². The Kier molecular flexibility index (Phi) is 3.10. The van der Waals surface area contributed by atoms with E-state index < -0.39 is 0 Å². The highest BCUT2D eigenvalue weighted by atomic mass is 16.5. The number of ether oxygens (including phenoxy) is 1. The lowest BCUT2D eigenvalue weighted by atomic mass is 10.2. The van der Waals surface area contributed by atoms with Crippen LogP contribution in [0.15, 0.2) is 48.5 Å². The molecular formula is C14H15NO. The second-order valence-corrected chi connectivity index (χ2v) is 3.85. The van der Waals surface area contributed by atoms with Crippen molar-refractivity contribution in [2.45, 2.75) is 13.5 Å². The monoisotopic (exact) mass is 213 g/mol. The van der Waals surface area contributed by atoms with Crippen molar-refractivity contribution in [2.24, 2.45) is 0 Å². The smallest absolute Gasteiger partial charge is 0.120 e. The largest absolute Gasteiger partial charge is 0.489 e. The first kappa shape index (κ1) is 10.6. The Morgan fingerprint density at radius 2 is 1.81 bits per heavy atom. The lowest BCUT2D eigenvalue weighted by Crippen LogP contribution is -1.95. The van der Waals surface area contributed by atoms with Crippen LogP contribution in [0.3, 0.4) is 0 Å². The molecule has 2 N–H and O–H groups in total. The van der Waals surface area contributed by atoms with Crippen molar-refractivity contribution < 1.29 is 4.74 Å². The van der Waals surface area contributed by atoms with Crippen molar-refractivity contribution in [1.82, 2.24) is 0 Å². The summed E-state index contributed by atoms with van der Waals surface area (Å²) in [7, 11) is 0. The summed E-state index contributed by atoms with van der Waals surface area (Å²) in [6, 6.07) is 15.8. The van der Waals surface area contributed by atoms with Gasteiger partial charge in [0, 0.05) is 5.69 Å². The van der Waals surface area contributed by atoms with Crippen LogP contribution >= 0.6 is 0 Å². The molecule has 0 bridgehead atoms. The minimum absolute atomic E-state index is 0.573. The van der Waals surface area contributed by atoms with Gasteiger partial charge in [-0.3, -0.25) is 0 Å². The number of benzene rings is 2. The molecule has 0 aromatic heterocycles. The molecule has 0 radical (unpaired) electrons. The van der Waals surface area contributed by atoms with Crippen molar-refractivity contribution in [1.29, 1.82) is 0 Å². The number of hydrogen-bond donors (Lipinski definition) is 1. The van der Waals surface area contributed by atoms with E-state index in [-0.39, 0.29) is 0 Å². The molecule has 0 aliphatic heterocycles. The van der Waals surface area contributed by atoms with Gasteiger partial charge in [-0.15, -0.1) is 0 Å². The molecule has 2 rings (SSSR count). The zero-order chi connectivity index (χ0) is 11.4. The van der Waals surface area contributed by atoms with Gasteiger partial charge in [0.05, 0.1) is 0 Å². The van der Waals surface area contributed by atoms with E-state index in [4.69, 9.17) is 10.5 Å². The van der Waals surface area contributed by atoms with Gasteiger partial charge in [0.1, 0.15) is 12.4 Å². The lowest BCUT2D eigenvalue weighted by molar-refractivity contribution is 0.306. The van der Waals surface area contributed by atoms with E-state index in [0.717, 1.165) is 17.0 Å². The quantitative estimate of drug-likeness (QED) is 0.795. The van der Waals surface area contributed by atoms with Crippen molar-refractivity contribution in [3.8, 4) is 5.75 Å². The first-order valence-corrected chi connectivity index (χ1v) is 5.28. The van der Waals surface area contributed by atoms with E-state index in [1.165, 1.54) is 5.56 Å². The van der Waals surface area contributed by atoms with Crippen molar-refractivity contribution >= 4 is 5.69 Å². The first-order valence-electron chi connectivity index (χ1n) is 5.28. The van der Waals surface area contributed by atoms with Crippen LogP contribution in [-0.2, 0) is 6.61 Å². The maximum atomic E-state index is 5.67. The summed E-state index contributed by atoms with van der Waals surface area (Å²) in [6.45, 7) is 2.62. The third-order valence-electron chi connectivity index (χ3n) is 2.37. The Hall–Kier alpha value is -1.96. The number of hydrogen-bond acceptors (Lipinski definition) is 2. The van der Waals surface area contributed by atoms with Crippen molar-refractivity contribution in [3.05, 3.63) is 59.7 Å². The maximum absolute atomic E-state index is 5.67. The molecule has 82 valence electrons. The van der Waals surface area contributed by atoms with Crippen LogP contribution in [0.5, 0.6) is 5.75 Å². The van der Waals surface area contributed by atoms with Gasteiger partial charge in [-0.1, -0.05) is 24.3 Å². The molecule has 0 spiro atoms. The van der Waals surface area contributed by atoms with Crippen LogP contribution in [0, 0.1) is 6.92 Å². The summed E-state index contributed by atoms with van der Waals surface area (Å²) in [5, 5.41) is 0. The number of nitrogens with two attached hydrogens (primary N) is 1. The summed E-state index contributed by atoms with van der Waals surface area (Å²) in [5.74, 6) is 0.900. The van der Waals surface area contributed by atoms with Gasteiger partial charge in [-0.2, -0.15) is 0 Å². The third-order valence-corrected chi connectivity index (χ3v) is 2.37. The molecule has 0 atom stereocenters. The Labute approximate surface area is 95.7 Å². The molecule has 0 amide bonds. The van der Waals surface area contributed by atoms with Gasteiger partial charge in [-0.05, 0) is 42.3 Å². The van der Waals surface area contributed by atoms with Crippen LogP contribution in [-0.4, -0.2) is 0 Å². The summed E-state index contributed by atoms with van der Waals surface area (Å²) in [6.07, 6.45) is 0. The summed E-state index contributed by atoms with van der Waals surface area (Å²) in [5.41, 5.74) is 8.71. The fraction of sp³-hybridized carbons (Fsp3) is 0.143. The van der Waals surface area contributed by atoms with Crippen LogP contribution in [0.2, 0.25) is 0 Å². The van der Waals surface area contributed by atoms with Gasteiger partial charge in [-0.25, -0.2) is 0 Å². The van der Waals surface area contributed by atoms with E-state index in [2.05, 4.69) is 13.0 Å². The average Bonchev–Trinajstić information content (AvgIpc) is 2.28. The topological polar surface area (TPSA) is 35.2 Å². The highest BCUT2D eigenvalue weighted by molar-refractivity contribution is 5.39. The molecule has 0 aliphatic carbocycles. The van der Waals surface area contributed by atoms with Crippen LogP contribution in [0.4, 0.5) is 5.69 Å². The predicted octanol–water partition coefficient (Wildman–Crippen LogP) is 3.16. The van der Waals surface area contributed by atoms with Gasteiger partial charge in [0.2, 0.25) is 0 Å². The zero-order valence-corrected chi connectivity index (χ0v) is 9.31. The van der Waals surface area contributed by atoms with Crippen molar-refractivity contribution in [2.75, 3.05) is 5.73 Å². The van der Waals surface area contributed by atoms with E-state index in [1.807, 2.05) is 42.5 Å². The standard InChI is InChI=1S/C14H15NO/c1-11-3-2-4-14(9-11)16-10-12-5-7-13(15)8-6-12/h2-9H,10,15H2,1H3. The SMILES string of the molecule is Cc1cccc(OCc2ccc(N)cc2)c1. The summed E-state index contributed by atoms with van der Waals surface area (Å²) >= 11 is 0. The predicted molar refractivity (Wildman–Crippen MR) is 66.4 cm³/mol. The second-order valence-electron chi connectivity index (χ2n) is 3.85. The molecule has 0 heterocycles. The highest BCUT2D eigenvalue weighted by Crippen LogP contribution is 2.15. The third kappa shape index (κ3) is 2.76. The Morgan fingerprint density at radius 1 is 1.06 bits per heavy atom. The highest BCUT2D eigenvalue weighted by Gasteiger charge is 1.96. The fourth-order valence-electron chi connectivity index (χ4n) is 1.49. The van der Waals surface area contributed by atoms with E-state index in [0.29, 0.717) is 6.61 Å².